The minimum Gasteiger partial charge on any atom is -0.118 e. The van der Waals surface area contributed by atoms with Crippen molar-refractivity contribution < 1.29 is 0 Å². The Labute approximate surface area is 61.9 Å². The molecule has 0 heterocycles. The zero-order valence-corrected chi connectivity index (χ0v) is 6.78. The van der Waals surface area contributed by atoms with E-state index in [0.29, 0.717) is 5.41 Å². The van der Waals surface area contributed by atoms with Crippen molar-refractivity contribution >= 4 is 11.6 Å². The van der Waals surface area contributed by atoms with Gasteiger partial charge in [-0.1, -0.05) is 26.0 Å². The lowest BCUT2D eigenvalue weighted by molar-refractivity contribution is 0.337. The number of rotatable bonds is 0. The third-order valence-electron chi connectivity index (χ3n) is 2.01. The van der Waals surface area contributed by atoms with Gasteiger partial charge in [0.25, 0.3) is 0 Å². The van der Waals surface area contributed by atoms with Crippen LogP contribution < -0.4 is 0 Å². The Morgan fingerprint density at radius 2 is 2.22 bits per heavy atom. The van der Waals surface area contributed by atoms with Crippen molar-refractivity contribution in [3.63, 3.8) is 0 Å². The summed E-state index contributed by atoms with van der Waals surface area (Å²) in [5.41, 5.74) is 0.316. The van der Waals surface area contributed by atoms with Gasteiger partial charge in [-0.3, -0.25) is 0 Å². The molecule has 0 aromatic carbocycles. The van der Waals surface area contributed by atoms with Crippen molar-refractivity contribution in [3.8, 4) is 0 Å². The van der Waals surface area contributed by atoms with E-state index in [1.54, 1.807) is 0 Å². The van der Waals surface area contributed by atoms with Crippen LogP contribution in [0.25, 0.3) is 0 Å². The largest absolute Gasteiger partial charge is 0.118 e. The van der Waals surface area contributed by atoms with Gasteiger partial charge in [-0.15, -0.1) is 11.6 Å². The maximum atomic E-state index is 6.02. The van der Waals surface area contributed by atoms with Crippen molar-refractivity contribution in [2.45, 2.75) is 32.1 Å². The van der Waals surface area contributed by atoms with E-state index < -0.39 is 0 Å². The zero-order chi connectivity index (χ0) is 6.91. The average Bonchev–Trinajstić information content (AvgIpc) is 1.77. The fourth-order valence-electron chi connectivity index (χ4n) is 1.07. The van der Waals surface area contributed by atoms with Gasteiger partial charge in [-0.25, -0.2) is 0 Å². The molecule has 0 fully saturated rings. The molecule has 1 aliphatic rings. The van der Waals surface area contributed by atoms with Crippen LogP contribution in [0, 0.1) is 5.41 Å². The first-order valence-electron chi connectivity index (χ1n) is 3.44. The number of allylic oxidation sites excluding steroid dienone is 2. The topological polar surface area (TPSA) is 0 Å². The fraction of sp³-hybridized carbons (Fsp3) is 0.750. The standard InChI is InChI=1S/C8H13Cl/c1-8(2)6-4-3-5-7(8)9/h3,5,7H,4,6H2,1-2H3. The summed E-state index contributed by atoms with van der Waals surface area (Å²) in [5.74, 6) is 0. The highest BCUT2D eigenvalue weighted by atomic mass is 35.5. The Hall–Kier alpha value is 0.0300. The minimum atomic E-state index is 0.242. The van der Waals surface area contributed by atoms with E-state index in [1.807, 2.05) is 0 Å². The molecule has 1 unspecified atom stereocenters. The predicted molar refractivity (Wildman–Crippen MR) is 41.8 cm³/mol. The van der Waals surface area contributed by atoms with Gasteiger partial charge in [0.15, 0.2) is 0 Å². The molecule has 0 saturated carbocycles. The van der Waals surface area contributed by atoms with Crippen LogP contribution in [0.15, 0.2) is 12.2 Å². The highest BCUT2D eigenvalue weighted by Crippen LogP contribution is 2.34. The van der Waals surface area contributed by atoms with Crippen LogP contribution in [0.4, 0.5) is 0 Å². The Balaban J connectivity index is 2.66. The van der Waals surface area contributed by atoms with E-state index >= 15 is 0 Å². The molecule has 0 aromatic heterocycles. The Bertz CT molecular complexity index is 125. The van der Waals surface area contributed by atoms with E-state index in [0.717, 1.165) is 0 Å². The summed E-state index contributed by atoms with van der Waals surface area (Å²) in [6.45, 7) is 4.43. The molecule has 0 N–H and O–H groups in total. The van der Waals surface area contributed by atoms with Crippen molar-refractivity contribution in [1.29, 1.82) is 0 Å². The van der Waals surface area contributed by atoms with E-state index in [2.05, 4.69) is 26.0 Å². The Kier molecular flexibility index (Phi) is 1.85. The predicted octanol–water partition coefficient (Wildman–Crippen LogP) is 2.97. The molecule has 1 rings (SSSR count). The summed E-state index contributed by atoms with van der Waals surface area (Å²) in [5, 5.41) is 0.242. The highest BCUT2D eigenvalue weighted by molar-refractivity contribution is 6.22. The molecule has 0 aliphatic heterocycles. The lowest BCUT2D eigenvalue weighted by Crippen LogP contribution is -2.24. The smallest absolute Gasteiger partial charge is 0.0567 e. The molecular weight excluding hydrogens is 132 g/mol. The molecule has 0 spiro atoms. The summed E-state index contributed by atoms with van der Waals surface area (Å²) in [7, 11) is 0. The minimum absolute atomic E-state index is 0.242. The number of alkyl halides is 1. The molecule has 0 aromatic rings. The second kappa shape index (κ2) is 2.34. The number of halogens is 1. The van der Waals surface area contributed by atoms with E-state index in [9.17, 15) is 0 Å². The van der Waals surface area contributed by atoms with Gasteiger partial charge in [0.2, 0.25) is 0 Å². The molecular formula is C8H13Cl. The molecule has 1 heteroatoms. The van der Waals surface area contributed by atoms with Gasteiger partial charge in [0.1, 0.15) is 0 Å². The summed E-state index contributed by atoms with van der Waals surface area (Å²) in [6, 6.07) is 0. The summed E-state index contributed by atoms with van der Waals surface area (Å²) in [4.78, 5) is 0. The van der Waals surface area contributed by atoms with Crippen molar-refractivity contribution in [2.24, 2.45) is 5.41 Å². The summed E-state index contributed by atoms with van der Waals surface area (Å²) in [6.07, 6.45) is 6.68. The summed E-state index contributed by atoms with van der Waals surface area (Å²) >= 11 is 6.02. The first kappa shape index (κ1) is 7.14. The Morgan fingerprint density at radius 1 is 1.56 bits per heavy atom. The van der Waals surface area contributed by atoms with Crippen molar-refractivity contribution in [1.82, 2.24) is 0 Å². The van der Waals surface area contributed by atoms with Gasteiger partial charge >= 0.3 is 0 Å². The van der Waals surface area contributed by atoms with Gasteiger partial charge in [0, 0.05) is 0 Å². The Morgan fingerprint density at radius 3 is 2.56 bits per heavy atom. The second-order valence-electron chi connectivity index (χ2n) is 3.36. The number of hydrogen-bond acceptors (Lipinski definition) is 0. The van der Waals surface area contributed by atoms with Crippen LogP contribution in [0.1, 0.15) is 26.7 Å². The molecule has 0 bridgehead atoms. The van der Waals surface area contributed by atoms with Gasteiger partial charge in [0.05, 0.1) is 5.38 Å². The van der Waals surface area contributed by atoms with E-state index in [-0.39, 0.29) is 5.38 Å². The van der Waals surface area contributed by atoms with Crippen LogP contribution in [0.2, 0.25) is 0 Å². The molecule has 1 atom stereocenters. The highest BCUT2D eigenvalue weighted by Gasteiger charge is 2.26. The van der Waals surface area contributed by atoms with Crippen molar-refractivity contribution in [2.75, 3.05) is 0 Å². The van der Waals surface area contributed by atoms with Gasteiger partial charge in [-0.2, -0.15) is 0 Å². The fourth-order valence-corrected chi connectivity index (χ4v) is 1.28. The SMILES string of the molecule is CC1(C)CCC=CC1Cl. The van der Waals surface area contributed by atoms with Crippen LogP contribution >= 0.6 is 11.6 Å². The quantitative estimate of drug-likeness (QED) is 0.362. The first-order valence-corrected chi connectivity index (χ1v) is 3.87. The molecule has 0 radical (unpaired) electrons. The van der Waals surface area contributed by atoms with Crippen LogP contribution in [0.3, 0.4) is 0 Å². The van der Waals surface area contributed by atoms with Gasteiger partial charge < -0.3 is 0 Å². The zero-order valence-electron chi connectivity index (χ0n) is 6.02. The third kappa shape index (κ3) is 1.48. The normalized spacial score (nSPS) is 32.6. The summed E-state index contributed by atoms with van der Waals surface area (Å²) < 4.78 is 0. The molecule has 0 nitrogen and oxygen atoms in total. The van der Waals surface area contributed by atoms with Gasteiger partial charge in [-0.05, 0) is 18.3 Å². The monoisotopic (exact) mass is 144 g/mol. The van der Waals surface area contributed by atoms with Crippen molar-refractivity contribution in [3.05, 3.63) is 12.2 Å². The maximum Gasteiger partial charge on any atom is 0.0567 e. The lowest BCUT2D eigenvalue weighted by atomic mass is 9.81. The molecule has 0 saturated heterocycles. The third-order valence-corrected chi connectivity index (χ3v) is 2.74. The second-order valence-corrected chi connectivity index (χ2v) is 3.83. The number of hydrogen-bond donors (Lipinski definition) is 0. The lowest BCUT2D eigenvalue weighted by Gasteiger charge is -2.30. The first-order chi connectivity index (χ1) is 4.13. The van der Waals surface area contributed by atoms with E-state index in [1.165, 1.54) is 12.8 Å². The van der Waals surface area contributed by atoms with Crippen LogP contribution in [0.5, 0.6) is 0 Å². The average molecular weight is 145 g/mol. The van der Waals surface area contributed by atoms with Crippen LogP contribution in [-0.2, 0) is 0 Å². The maximum absolute atomic E-state index is 6.02. The van der Waals surface area contributed by atoms with Crippen LogP contribution in [-0.4, -0.2) is 5.38 Å². The molecule has 1 aliphatic carbocycles. The van der Waals surface area contributed by atoms with E-state index in [4.69, 9.17) is 11.6 Å². The molecule has 9 heavy (non-hydrogen) atoms. The molecule has 0 amide bonds. The molecule has 52 valence electrons.